The lowest BCUT2D eigenvalue weighted by Gasteiger charge is -2.28. The predicted molar refractivity (Wildman–Crippen MR) is 136 cm³/mol. The minimum Gasteiger partial charge on any atom is -0.506 e. The summed E-state index contributed by atoms with van der Waals surface area (Å²) in [5, 5.41) is 14.4. The number of anilines is 1. The lowest BCUT2D eigenvalue weighted by Crippen LogP contribution is -2.29. The van der Waals surface area contributed by atoms with E-state index < -0.39 is 17.8 Å². The minimum absolute atomic E-state index is 0.0695. The van der Waals surface area contributed by atoms with Crippen molar-refractivity contribution < 1.29 is 18.3 Å². The summed E-state index contributed by atoms with van der Waals surface area (Å²) in [6, 6.07) is 19.0. The van der Waals surface area contributed by atoms with E-state index in [2.05, 4.69) is 10.3 Å². The van der Waals surface area contributed by atoms with Gasteiger partial charge < -0.3 is 19.9 Å². The number of benzene rings is 2. The van der Waals surface area contributed by atoms with Crippen LogP contribution in [0.3, 0.4) is 0 Å². The van der Waals surface area contributed by atoms with Gasteiger partial charge in [0, 0.05) is 23.3 Å². The van der Waals surface area contributed by atoms with E-state index >= 15 is 0 Å². The molecule has 0 amide bonds. The number of hydrogen-bond donors (Lipinski definition) is 2. The van der Waals surface area contributed by atoms with Crippen LogP contribution in [0.2, 0.25) is 0 Å². The number of phenols is 1. The standard InChI is InChI=1S/C27H23F3N4OS/c1-16-14-20(17(2)33(16)19-9-7-8-18(15-19)27(28,29)30)25-24(21-10-5-6-13-31-21)32-26(36)34(25)22-11-3-4-12-23(22)35/h3-15,24-25,35H,1-2H3,(H,32,36)/t24-,25-/m1/s1. The first kappa shape index (κ1) is 23.9. The average Bonchev–Trinajstić information content (AvgIpc) is 3.34. The van der Waals surface area contributed by atoms with Gasteiger partial charge in [-0.1, -0.05) is 24.3 Å². The van der Waals surface area contributed by atoms with Crippen molar-refractivity contribution in [1.29, 1.82) is 0 Å². The first-order valence-electron chi connectivity index (χ1n) is 11.3. The molecule has 0 spiro atoms. The van der Waals surface area contributed by atoms with Crippen molar-refractivity contribution in [3.05, 3.63) is 107 Å². The fourth-order valence-electron chi connectivity index (χ4n) is 4.90. The van der Waals surface area contributed by atoms with E-state index in [9.17, 15) is 18.3 Å². The van der Waals surface area contributed by atoms with Gasteiger partial charge in [0.25, 0.3) is 0 Å². The molecule has 36 heavy (non-hydrogen) atoms. The van der Waals surface area contributed by atoms with Crippen LogP contribution >= 0.6 is 12.2 Å². The number of nitrogens with zero attached hydrogens (tertiary/aromatic N) is 3. The van der Waals surface area contributed by atoms with E-state index in [1.54, 1.807) is 30.5 Å². The van der Waals surface area contributed by atoms with Crippen LogP contribution in [0.4, 0.5) is 18.9 Å². The highest BCUT2D eigenvalue weighted by Gasteiger charge is 2.43. The molecule has 2 atom stereocenters. The van der Waals surface area contributed by atoms with Crippen molar-refractivity contribution in [2.75, 3.05) is 4.90 Å². The van der Waals surface area contributed by atoms with Crippen LogP contribution in [0, 0.1) is 13.8 Å². The van der Waals surface area contributed by atoms with Crippen molar-refractivity contribution in [2.45, 2.75) is 32.1 Å². The van der Waals surface area contributed by atoms with Gasteiger partial charge in [-0.25, -0.2) is 0 Å². The van der Waals surface area contributed by atoms with Crippen molar-refractivity contribution >= 4 is 23.0 Å². The third kappa shape index (κ3) is 4.09. The zero-order valence-corrected chi connectivity index (χ0v) is 20.3. The Balaban J connectivity index is 1.69. The number of aromatic hydroxyl groups is 1. The highest BCUT2D eigenvalue weighted by Crippen LogP contribution is 2.46. The number of para-hydroxylation sites is 2. The Morgan fingerprint density at radius 3 is 2.42 bits per heavy atom. The first-order valence-corrected chi connectivity index (χ1v) is 11.7. The second kappa shape index (κ2) is 8.98. The first-order chi connectivity index (χ1) is 17.2. The minimum atomic E-state index is -4.44. The molecule has 1 aliphatic rings. The number of nitrogens with one attached hydrogen (secondary N) is 1. The molecule has 5 rings (SSSR count). The molecule has 0 saturated carbocycles. The summed E-state index contributed by atoms with van der Waals surface area (Å²) in [6.45, 7) is 3.74. The van der Waals surface area contributed by atoms with Gasteiger partial charge in [-0.05, 0) is 80.2 Å². The van der Waals surface area contributed by atoms with Crippen molar-refractivity contribution in [1.82, 2.24) is 14.9 Å². The van der Waals surface area contributed by atoms with Crippen LogP contribution in [0.5, 0.6) is 5.75 Å². The molecule has 5 nitrogen and oxygen atoms in total. The monoisotopic (exact) mass is 508 g/mol. The van der Waals surface area contributed by atoms with E-state index in [1.165, 1.54) is 6.07 Å². The fourth-order valence-corrected chi connectivity index (χ4v) is 5.24. The number of thiocarbonyl (C=S) groups is 1. The fraction of sp³-hybridized carbons (Fsp3) is 0.185. The second-order valence-corrected chi connectivity index (χ2v) is 9.08. The summed E-state index contributed by atoms with van der Waals surface area (Å²) < 4.78 is 42.1. The Labute approximate surface area is 211 Å². The summed E-state index contributed by atoms with van der Waals surface area (Å²) in [7, 11) is 0. The topological polar surface area (TPSA) is 53.3 Å². The molecule has 0 aliphatic carbocycles. The molecule has 0 bridgehead atoms. The largest absolute Gasteiger partial charge is 0.506 e. The number of aryl methyl sites for hydroxylation is 1. The number of halogens is 3. The van der Waals surface area contributed by atoms with E-state index in [0.29, 0.717) is 16.5 Å². The molecule has 9 heteroatoms. The summed E-state index contributed by atoms with van der Waals surface area (Å²) in [5.74, 6) is 0.0695. The number of phenolic OH excluding ortho intramolecular Hbond substituents is 1. The van der Waals surface area contributed by atoms with Crippen LogP contribution in [-0.4, -0.2) is 19.8 Å². The summed E-state index contributed by atoms with van der Waals surface area (Å²) in [5.41, 5.74) is 3.40. The quantitative estimate of drug-likeness (QED) is 0.313. The molecule has 3 heterocycles. The third-order valence-corrected chi connectivity index (χ3v) is 6.77. The smallest absolute Gasteiger partial charge is 0.416 e. The van der Waals surface area contributed by atoms with Crippen molar-refractivity contribution in [3.8, 4) is 11.4 Å². The second-order valence-electron chi connectivity index (χ2n) is 8.70. The van der Waals surface area contributed by atoms with Crippen LogP contribution < -0.4 is 10.2 Å². The lowest BCUT2D eigenvalue weighted by molar-refractivity contribution is -0.137. The van der Waals surface area contributed by atoms with Crippen molar-refractivity contribution in [2.24, 2.45) is 0 Å². The number of alkyl halides is 3. The van der Waals surface area contributed by atoms with E-state index in [-0.39, 0.29) is 11.8 Å². The molecule has 1 fully saturated rings. The van der Waals surface area contributed by atoms with Crippen LogP contribution in [0.1, 0.15) is 40.3 Å². The Morgan fingerprint density at radius 1 is 0.972 bits per heavy atom. The van der Waals surface area contributed by atoms with Gasteiger partial charge in [-0.2, -0.15) is 13.2 Å². The molecular formula is C27H23F3N4OS. The zero-order valence-electron chi connectivity index (χ0n) is 19.5. The lowest BCUT2D eigenvalue weighted by atomic mass is 9.96. The average molecular weight is 509 g/mol. The van der Waals surface area contributed by atoms with E-state index in [1.807, 2.05) is 53.6 Å². The number of hydrogen-bond acceptors (Lipinski definition) is 3. The zero-order chi connectivity index (χ0) is 25.6. The highest BCUT2D eigenvalue weighted by atomic mass is 32.1. The Kier molecular flexibility index (Phi) is 5.96. The summed E-state index contributed by atoms with van der Waals surface area (Å²) >= 11 is 5.71. The molecule has 1 saturated heterocycles. The van der Waals surface area contributed by atoms with Gasteiger partial charge in [-0.3, -0.25) is 4.98 Å². The Morgan fingerprint density at radius 2 is 1.72 bits per heavy atom. The third-order valence-electron chi connectivity index (χ3n) is 6.46. The predicted octanol–water partition coefficient (Wildman–Crippen LogP) is 6.39. The van der Waals surface area contributed by atoms with Gasteiger partial charge in [0.2, 0.25) is 0 Å². The maximum atomic E-state index is 13.4. The molecule has 0 unspecified atom stereocenters. The SMILES string of the molecule is Cc1cc([C@@H]2[C@@H](c3ccccn3)NC(=S)N2c2ccccc2O)c(C)n1-c1cccc(C(F)(F)F)c1. The molecule has 2 aromatic carbocycles. The van der Waals surface area contributed by atoms with E-state index in [0.717, 1.165) is 34.8 Å². The van der Waals surface area contributed by atoms with Crippen LogP contribution in [-0.2, 0) is 6.18 Å². The van der Waals surface area contributed by atoms with Gasteiger partial charge in [0.15, 0.2) is 5.11 Å². The van der Waals surface area contributed by atoms with Crippen LogP contribution in [0.15, 0.2) is 79.0 Å². The van der Waals surface area contributed by atoms with Gasteiger partial charge >= 0.3 is 6.18 Å². The normalized spacial score (nSPS) is 17.9. The summed E-state index contributed by atoms with van der Waals surface area (Å²) in [4.78, 5) is 6.38. The van der Waals surface area contributed by atoms with Gasteiger partial charge in [0.1, 0.15) is 5.75 Å². The highest BCUT2D eigenvalue weighted by molar-refractivity contribution is 7.80. The van der Waals surface area contributed by atoms with E-state index in [4.69, 9.17) is 12.2 Å². The molecule has 4 aromatic rings. The molecule has 2 N–H and O–H groups in total. The van der Waals surface area contributed by atoms with Crippen LogP contribution in [0.25, 0.3) is 5.69 Å². The molecular weight excluding hydrogens is 485 g/mol. The molecule has 184 valence electrons. The maximum Gasteiger partial charge on any atom is 0.416 e. The van der Waals surface area contributed by atoms with Gasteiger partial charge in [0.05, 0.1) is 29.0 Å². The maximum absolute atomic E-state index is 13.4. The number of aromatic nitrogens is 2. The van der Waals surface area contributed by atoms with Gasteiger partial charge in [-0.15, -0.1) is 0 Å². The van der Waals surface area contributed by atoms with Crippen molar-refractivity contribution in [3.63, 3.8) is 0 Å². The molecule has 1 aliphatic heterocycles. The Hall–Kier alpha value is -3.85. The molecule has 0 radical (unpaired) electrons. The Bertz CT molecular complexity index is 1430. The molecule has 2 aromatic heterocycles. The summed E-state index contributed by atoms with van der Waals surface area (Å²) in [6.07, 6.45) is -2.74. The number of rotatable bonds is 4. The number of pyridine rings is 1.